The highest BCUT2D eigenvalue weighted by molar-refractivity contribution is 5.73. The van der Waals surface area contributed by atoms with Crippen LogP contribution in [0.25, 0.3) is 0 Å². The largest absolute Gasteiger partial charge is 0.390 e. The molecule has 0 amide bonds. The molecule has 4 heteroatoms. The third-order valence-electron chi connectivity index (χ3n) is 3.19. The number of aldehydes is 1. The third kappa shape index (κ3) is 2.33. The van der Waals surface area contributed by atoms with E-state index in [0.717, 1.165) is 18.3 Å². The number of rotatable bonds is 3. The summed E-state index contributed by atoms with van der Waals surface area (Å²) in [6.45, 7) is 3.72. The first-order chi connectivity index (χ1) is 8.69. The Kier molecular flexibility index (Phi) is 3.85. The summed E-state index contributed by atoms with van der Waals surface area (Å²) < 4.78 is 7.50. The van der Waals surface area contributed by atoms with E-state index in [-0.39, 0.29) is 12.3 Å². The number of aromatic nitrogens is 1. The molecule has 0 radical (unpaired) electrons. The van der Waals surface area contributed by atoms with E-state index >= 15 is 0 Å². The number of nitrogens with zero attached hydrogens (tertiary/aromatic N) is 1. The molecule has 0 unspecified atom stereocenters. The molecule has 18 heavy (non-hydrogen) atoms. The van der Waals surface area contributed by atoms with Crippen LogP contribution in [-0.4, -0.2) is 28.2 Å². The molecule has 1 saturated heterocycles. The van der Waals surface area contributed by atoms with Crippen molar-refractivity contribution < 1.29 is 14.6 Å². The second kappa shape index (κ2) is 5.38. The van der Waals surface area contributed by atoms with Crippen LogP contribution in [0.2, 0.25) is 0 Å². The average Bonchev–Trinajstić information content (AvgIpc) is 2.92. The predicted octanol–water partition coefficient (Wildman–Crippen LogP) is 1.73. The van der Waals surface area contributed by atoms with Crippen LogP contribution in [0, 0.1) is 11.8 Å². The molecule has 0 saturated carbocycles. The molecule has 2 heterocycles. The summed E-state index contributed by atoms with van der Waals surface area (Å²) in [6, 6.07) is 1.73. The first kappa shape index (κ1) is 12.9. The number of aliphatic hydroxyl groups is 1. The molecule has 1 N–H and O–H groups in total. The van der Waals surface area contributed by atoms with E-state index in [1.807, 2.05) is 6.92 Å². The van der Waals surface area contributed by atoms with Crippen LogP contribution in [0.3, 0.4) is 0 Å². The molecule has 0 aromatic carbocycles. The van der Waals surface area contributed by atoms with E-state index in [2.05, 4.69) is 11.8 Å². The van der Waals surface area contributed by atoms with Gasteiger partial charge in [-0.25, -0.2) is 0 Å². The van der Waals surface area contributed by atoms with Crippen LogP contribution < -0.4 is 0 Å². The van der Waals surface area contributed by atoms with Crippen LogP contribution >= 0.6 is 0 Å². The Hall–Kier alpha value is -1.57. The lowest BCUT2D eigenvalue weighted by Gasteiger charge is -2.15. The lowest BCUT2D eigenvalue weighted by Crippen LogP contribution is -2.19. The van der Waals surface area contributed by atoms with Crippen molar-refractivity contribution in [1.82, 2.24) is 4.57 Å². The molecule has 0 spiro atoms. The van der Waals surface area contributed by atoms with Crippen molar-refractivity contribution in [3.05, 3.63) is 23.5 Å². The molecule has 0 aliphatic carbocycles. The highest BCUT2D eigenvalue weighted by Gasteiger charge is 2.34. The fraction of sp³-hybridized carbons (Fsp3) is 0.500. The van der Waals surface area contributed by atoms with Gasteiger partial charge in [0.15, 0.2) is 6.29 Å². The average molecular weight is 247 g/mol. The highest BCUT2D eigenvalue weighted by atomic mass is 16.5. The summed E-state index contributed by atoms with van der Waals surface area (Å²) in [4.78, 5) is 11.0. The summed E-state index contributed by atoms with van der Waals surface area (Å²) in [5.41, 5.74) is 1.32. The SMILES string of the molecule is CC#Cc1cc(C=O)n([C@H]2C[C@@H](O)[C@@H](CC)O2)c1. The van der Waals surface area contributed by atoms with Gasteiger partial charge in [-0.1, -0.05) is 12.8 Å². The molecule has 1 aliphatic rings. The fourth-order valence-corrected chi connectivity index (χ4v) is 2.31. The maximum absolute atomic E-state index is 11.0. The van der Waals surface area contributed by atoms with Gasteiger partial charge >= 0.3 is 0 Å². The maximum atomic E-state index is 11.0. The minimum atomic E-state index is -0.470. The standard InChI is InChI=1S/C14H17NO3/c1-3-5-10-6-11(9-16)15(8-10)14-7-12(17)13(4-2)18-14/h6,8-9,12-14,17H,4,7H2,1-2H3/t12-,13-,14-/m1/s1. The van der Waals surface area contributed by atoms with Gasteiger partial charge in [0.1, 0.15) is 6.23 Å². The lowest BCUT2D eigenvalue weighted by molar-refractivity contribution is -0.0201. The van der Waals surface area contributed by atoms with Crippen molar-refractivity contribution in [3.63, 3.8) is 0 Å². The summed E-state index contributed by atoms with van der Waals surface area (Å²) in [5, 5.41) is 9.84. The molecular formula is C14H17NO3. The van der Waals surface area contributed by atoms with Crippen LogP contribution in [0.1, 0.15) is 49.0 Å². The number of carbonyl (C=O) groups excluding carboxylic acids is 1. The second-order valence-electron chi connectivity index (χ2n) is 4.39. The Labute approximate surface area is 107 Å². The lowest BCUT2D eigenvalue weighted by atomic mass is 10.1. The summed E-state index contributed by atoms with van der Waals surface area (Å²) >= 11 is 0. The molecule has 0 bridgehead atoms. The van der Waals surface area contributed by atoms with Gasteiger partial charge < -0.3 is 14.4 Å². The Bertz CT molecular complexity index is 495. The monoisotopic (exact) mass is 247 g/mol. The summed E-state index contributed by atoms with van der Waals surface area (Å²) in [5.74, 6) is 5.71. The third-order valence-corrected chi connectivity index (χ3v) is 3.19. The Morgan fingerprint density at radius 3 is 3.00 bits per heavy atom. The van der Waals surface area contributed by atoms with E-state index in [1.165, 1.54) is 0 Å². The smallest absolute Gasteiger partial charge is 0.166 e. The molecule has 1 aromatic heterocycles. The van der Waals surface area contributed by atoms with Crippen molar-refractivity contribution in [3.8, 4) is 11.8 Å². The zero-order valence-corrected chi connectivity index (χ0v) is 10.6. The van der Waals surface area contributed by atoms with E-state index in [1.54, 1.807) is 23.8 Å². The maximum Gasteiger partial charge on any atom is 0.166 e. The summed E-state index contributed by atoms with van der Waals surface area (Å²) in [7, 11) is 0. The summed E-state index contributed by atoms with van der Waals surface area (Å²) in [6.07, 6.45) is 2.95. The normalized spacial score (nSPS) is 26.7. The van der Waals surface area contributed by atoms with Crippen molar-refractivity contribution in [2.24, 2.45) is 0 Å². The van der Waals surface area contributed by atoms with E-state index < -0.39 is 6.10 Å². The van der Waals surface area contributed by atoms with E-state index in [0.29, 0.717) is 12.1 Å². The van der Waals surface area contributed by atoms with Crippen LogP contribution in [-0.2, 0) is 4.74 Å². The van der Waals surface area contributed by atoms with Crippen LogP contribution in [0.5, 0.6) is 0 Å². The predicted molar refractivity (Wildman–Crippen MR) is 67.2 cm³/mol. The zero-order chi connectivity index (χ0) is 13.1. The quantitative estimate of drug-likeness (QED) is 0.653. The Morgan fingerprint density at radius 2 is 2.44 bits per heavy atom. The molecular weight excluding hydrogens is 230 g/mol. The van der Waals surface area contributed by atoms with Gasteiger partial charge in [0.25, 0.3) is 0 Å². The molecule has 2 rings (SSSR count). The molecule has 1 fully saturated rings. The molecule has 4 nitrogen and oxygen atoms in total. The van der Waals surface area contributed by atoms with Gasteiger partial charge in [0.2, 0.25) is 0 Å². The number of carbonyl (C=O) groups is 1. The van der Waals surface area contributed by atoms with Crippen LogP contribution in [0.4, 0.5) is 0 Å². The van der Waals surface area contributed by atoms with E-state index in [9.17, 15) is 9.90 Å². The highest BCUT2D eigenvalue weighted by Crippen LogP contribution is 2.31. The number of aliphatic hydroxyl groups excluding tert-OH is 1. The van der Waals surface area contributed by atoms with E-state index in [4.69, 9.17) is 4.74 Å². The molecule has 1 aliphatic heterocycles. The van der Waals surface area contributed by atoms with Crippen molar-refractivity contribution >= 4 is 6.29 Å². The van der Waals surface area contributed by atoms with Gasteiger partial charge in [-0.2, -0.15) is 0 Å². The second-order valence-corrected chi connectivity index (χ2v) is 4.39. The van der Waals surface area contributed by atoms with Gasteiger partial charge in [-0.3, -0.25) is 4.79 Å². The van der Waals surface area contributed by atoms with Crippen molar-refractivity contribution in [2.75, 3.05) is 0 Å². The first-order valence-corrected chi connectivity index (χ1v) is 6.13. The fourth-order valence-electron chi connectivity index (χ4n) is 2.31. The topological polar surface area (TPSA) is 51.5 Å². The minimum Gasteiger partial charge on any atom is -0.390 e. The van der Waals surface area contributed by atoms with Crippen LogP contribution in [0.15, 0.2) is 12.3 Å². The number of hydrogen-bond donors (Lipinski definition) is 1. The molecule has 96 valence electrons. The van der Waals surface area contributed by atoms with Gasteiger partial charge in [0, 0.05) is 18.2 Å². The van der Waals surface area contributed by atoms with Crippen molar-refractivity contribution in [2.45, 2.75) is 45.1 Å². The van der Waals surface area contributed by atoms with Gasteiger partial charge in [-0.15, -0.1) is 5.92 Å². The first-order valence-electron chi connectivity index (χ1n) is 6.13. The van der Waals surface area contributed by atoms with Crippen molar-refractivity contribution in [1.29, 1.82) is 0 Å². The number of ether oxygens (including phenoxy) is 1. The Morgan fingerprint density at radius 1 is 1.67 bits per heavy atom. The zero-order valence-electron chi connectivity index (χ0n) is 10.6. The molecule has 1 aromatic rings. The minimum absolute atomic E-state index is 0.155. The number of hydrogen-bond acceptors (Lipinski definition) is 3. The van der Waals surface area contributed by atoms with Gasteiger partial charge in [0.05, 0.1) is 17.9 Å². The Balaban J connectivity index is 2.27. The molecule has 3 atom stereocenters. The van der Waals surface area contributed by atoms with Gasteiger partial charge in [-0.05, 0) is 19.4 Å².